The number of non-ortho nitro benzene ring substituents is 1. The summed E-state index contributed by atoms with van der Waals surface area (Å²) in [4.78, 5) is 27.6. The standard InChI is InChI=1S/C17H13N3O5S/c1-19-12-4-3-11(20(22)23)9-15(12)26-17(19)18-16(21)10-2-5-13-14(8-10)25-7-6-24-13/h2-5,8-9H,6-7H2,1H3. The van der Waals surface area contributed by atoms with Gasteiger partial charge in [-0.05, 0) is 24.3 Å². The summed E-state index contributed by atoms with van der Waals surface area (Å²) in [6, 6.07) is 9.49. The summed E-state index contributed by atoms with van der Waals surface area (Å²) < 4.78 is 13.4. The fourth-order valence-electron chi connectivity index (χ4n) is 2.67. The summed E-state index contributed by atoms with van der Waals surface area (Å²) >= 11 is 1.22. The smallest absolute Gasteiger partial charge is 0.279 e. The molecule has 8 nitrogen and oxygen atoms in total. The van der Waals surface area contributed by atoms with Gasteiger partial charge in [0.2, 0.25) is 0 Å². The van der Waals surface area contributed by atoms with Crippen LogP contribution in [-0.4, -0.2) is 28.6 Å². The van der Waals surface area contributed by atoms with E-state index in [1.54, 1.807) is 35.9 Å². The normalized spacial score (nSPS) is 13.8. The number of ether oxygens (including phenoxy) is 2. The Labute approximate surface area is 151 Å². The van der Waals surface area contributed by atoms with Crippen LogP contribution in [0.15, 0.2) is 41.4 Å². The van der Waals surface area contributed by atoms with Crippen molar-refractivity contribution in [3.63, 3.8) is 0 Å². The predicted octanol–water partition coefficient (Wildman–Crippen LogP) is 2.66. The van der Waals surface area contributed by atoms with Gasteiger partial charge in [0, 0.05) is 24.7 Å². The van der Waals surface area contributed by atoms with Crippen LogP contribution < -0.4 is 14.3 Å². The average Bonchev–Trinajstić information content (AvgIpc) is 2.96. The van der Waals surface area contributed by atoms with Gasteiger partial charge in [-0.3, -0.25) is 14.9 Å². The molecule has 0 unspecified atom stereocenters. The largest absolute Gasteiger partial charge is 0.486 e. The van der Waals surface area contributed by atoms with Crippen molar-refractivity contribution in [3.05, 3.63) is 56.9 Å². The van der Waals surface area contributed by atoms with Crippen LogP contribution in [0.25, 0.3) is 10.2 Å². The molecule has 3 aromatic rings. The molecule has 0 radical (unpaired) electrons. The molecule has 2 heterocycles. The van der Waals surface area contributed by atoms with Crippen molar-refractivity contribution in [1.82, 2.24) is 4.57 Å². The van der Waals surface area contributed by atoms with Crippen LogP contribution in [0.5, 0.6) is 11.5 Å². The van der Waals surface area contributed by atoms with Gasteiger partial charge in [-0.2, -0.15) is 4.99 Å². The van der Waals surface area contributed by atoms with Gasteiger partial charge < -0.3 is 14.0 Å². The summed E-state index contributed by atoms with van der Waals surface area (Å²) in [7, 11) is 1.76. The maximum atomic E-state index is 12.5. The van der Waals surface area contributed by atoms with Gasteiger partial charge in [0.25, 0.3) is 11.6 Å². The van der Waals surface area contributed by atoms with Crippen LogP contribution in [0.1, 0.15) is 10.4 Å². The summed E-state index contributed by atoms with van der Waals surface area (Å²) in [5, 5.41) is 10.9. The van der Waals surface area contributed by atoms with Crippen molar-refractivity contribution in [3.8, 4) is 11.5 Å². The van der Waals surface area contributed by atoms with E-state index in [1.807, 2.05) is 0 Å². The Morgan fingerprint density at radius 1 is 1.19 bits per heavy atom. The molecule has 0 saturated heterocycles. The molecule has 26 heavy (non-hydrogen) atoms. The molecule has 0 N–H and O–H groups in total. The van der Waals surface area contributed by atoms with Gasteiger partial charge in [-0.1, -0.05) is 11.3 Å². The highest BCUT2D eigenvalue weighted by Crippen LogP contribution is 2.31. The number of nitrogens with zero attached hydrogens (tertiary/aromatic N) is 3. The number of carbonyl (C=O) groups is 1. The quantitative estimate of drug-likeness (QED) is 0.510. The Kier molecular flexibility index (Phi) is 3.92. The Balaban J connectivity index is 1.74. The lowest BCUT2D eigenvalue weighted by Gasteiger charge is -2.18. The molecule has 2 aromatic carbocycles. The molecule has 1 amide bonds. The van der Waals surface area contributed by atoms with Crippen molar-refractivity contribution < 1.29 is 19.2 Å². The number of thiazole rings is 1. The van der Waals surface area contributed by atoms with E-state index in [-0.39, 0.29) is 5.69 Å². The minimum absolute atomic E-state index is 0.00376. The van der Waals surface area contributed by atoms with Crippen LogP contribution in [0.3, 0.4) is 0 Å². The summed E-state index contributed by atoms with van der Waals surface area (Å²) in [6.07, 6.45) is 0. The number of benzene rings is 2. The van der Waals surface area contributed by atoms with E-state index in [4.69, 9.17) is 9.47 Å². The number of carbonyl (C=O) groups excluding carboxylic acids is 1. The first-order valence-electron chi connectivity index (χ1n) is 7.75. The molecule has 1 aliphatic rings. The van der Waals surface area contributed by atoms with Crippen LogP contribution >= 0.6 is 11.3 Å². The van der Waals surface area contributed by atoms with E-state index in [2.05, 4.69) is 4.99 Å². The fourth-order valence-corrected chi connectivity index (χ4v) is 3.72. The van der Waals surface area contributed by atoms with Gasteiger partial charge in [-0.15, -0.1) is 0 Å². The topological polar surface area (TPSA) is 96.0 Å². The van der Waals surface area contributed by atoms with Gasteiger partial charge in [0.05, 0.1) is 15.1 Å². The van der Waals surface area contributed by atoms with Crippen molar-refractivity contribution >= 4 is 33.1 Å². The van der Waals surface area contributed by atoms with E-state index >= 15 is 0 Å². The van der Waals surface area contributed by atoms with Gasteiger partial charge in [0.15, 0.2) is 16.3 Å². The third kappa shape index (κ3) is 2.82. The van der Waals surface area contributed by atoms with E-state index in [1.165, 1.54) is 23.5 Å². The van der Waals surface area contributed by atoms with Crippen molar-refractivity contribution in [2.24, 2.45) is 12.0 Å². The van der Waals surface area contributed by atoms with E-state index in [0.717, 1.165) is 5.52 Å². The second-order valence-electron chi connectivity index (χ2n) is 5.63. The molecule has 0 fully saturated rings. The zero-order valence-electron chi connectivity index (χ0n) is 13.7. The molecule has 0 aliphatic carbocycles. The first-order chi connectivity index (χ1) is 12.5. The second-order valence-corrected chi connectivity index (χ2v) is 6.64. The minimum atomic E-state index is -0.448. The molecule has 0 atom stereocenters. The molecule has 4 rings (SSSR count). The molecule has 9 heteroatoms. The molecule has 0 spiro atoms. The number of rotatable bonds is 2. The van der Waals surface area contributed by atoms with E-state index in [9.17, 15) is 14.9 Å². The average molecular weight is 371 g/mol. The predicted molar refractivity (Wildman–Crippen MR) is 94.8 cm³/mol. The molecule has 1 aromatic heterocycles. The first-order valence-corrected chi connectivity index (χ1v) is 8.57. The Morgan fingerprint density at radius 2 is 1.96 bits per heavy atom. The molecular formula is C17H13N3O5S. The molecular weight excluding hydrogens is 358 g/mol. The lowest BCUT2D eigenvalue weighted by atomic mass is 10.2. The number of nitro benzene ring substituents is 1. The zero-order chi connectivity index (χ0) is 18.3. The lowest BCUT2D eigenvalue weighted by Crippen LogP contribution is -2.16. The van der Waals surface area contributed by atoms with Crippen LogP contribution in [0.2, 0.25) is 0 Å². The van der Waals surface area contributed by atoms with E-state index in [0.29, 0.717) is 39.8 Å². The number of aromatic nitrogens is 1. The number of aryl methyl sites for hydroxylation is 1. The molecule has 0 bridgehead atoms. The second kappa shape index (κ2) is 6.26. The summed E-state index contributed by atoms with van der Waals surface area (Å²) in [5.41, 5.74) is 1.16. The number of fused-ring (bicyclic) bond motifs is 2. The Hall–Kier alpha value is -3.20. The van der Waals surface area contributed by atoms with Crippen LogP contribution in [0, 0.1) is 10.1 Å². The number of nitro groups is 1. The minimum Gasteiger partial charge on any atom is -0.486 e. The van der Waals surface area contributed by atoms with E-state index < -0.39 is 10.8 Å². The number of amides is 1. The molecule has 1 aliphatic heterocycles. The van der Waals surface area contributed by atoms with Crippen LogP contribution in [-0.2, 0) is 7.05 Å². The monoisotopic (exact) mass is 371 g/mol. The lowest BCUT2D eigenvalue weighted by molar-refractivity contribution is -0.384. The zero-order valence-corrected chi connectivity index (χ0v) is 14.5. The molecule has 0 saturated carbocycles. The van der Waals surface area contributed by atoms with Crippen LogP contribution in [0.4, 0.5) is 5.69 Å². The third-order valence-corrected chi connectivity index (χ3v) is 5.08. The highest BCUT2D eigenvalue weighted by atomic mass is 32.1. The number of hydrogen-bond donors (Lipinski definition) is 0. The highest BCUT2D eigenvalue weighted by molar-refractivity contribution is 7.16. The summed E-state index contributed by atoms with van der Waals surface area (Å²) in [5.74, 6) is 0.708. The fraction of sp³-hybridized carbons (Fsp3) is 0.176. The van der Waals surface area contributed by atoms with Gasteiger partial charge >= 0.3 is 0 Å². The maximum absolute atomic E-state index is 12.5. The SMILES string of the molecule is Cn1c(=NC(=O)c2ccc3c(c2)OCCO3)sc2cc([N+](=O)[O-])ccc21. The third-order valence-electron chi connectivity index (χ3n) is 3.99. The Bertz CT molecular complexity index is 1120. The Morgan fingerprint density at radius 3 is 2.73 bits per heavy atom. The maximum Gasteiger partial charge on any atom is 0.279 e. The highest BCUT2D eigenvalue weighted by Gasteiger charge is 2.15. The van der Waals surface area contributed by atoms with Crippen molar-refractivity contribution in [1.29, 1.82) is 0 Å². The van der Waals surface area contributed by atoms with Crippen molar-refractivity contribution in [2.75, 3.05) is 13.2 Å². The molecule has 132 valence electrons. The van der Waals surface area contributed by atoms with Gasteiger partial charge in [0.1, 0.15) is 13.2 Å². The van der Waals surface area contributed by atoms with Crippen molar-refractivity contribution in [2.45, 2.75) is 0 Å². The van der Waals surface area contributed by atoms with Gasteiger partial charge in [-0.25, -0.2) is 0 Å². The summed E-state index contributed by atoms with van der Waals surface area (Å²) in [6.45, 7) is 0.917. The number of hydrogen-bond acceptors (Lipinski definition) is 6. The first kappa shape index (κ1) is 16.3.